The molecule has 1 saturated heterocycles. The Bertz CT molecular complexity index is 291. The molecule has 2 fully saturated rings. The number of primary amides is 1. The zero-order chi connectivity index (χ0) is 13.7. The van der Waals surface area contributed by atoms with Gasteiger partial charge < -0.3 is 11.1 Å². The maximum atomic E-state index is 11.1. The number of nitrogens with zero attached hydrogens (tertiary/aromatic N) is 1. The molecule has 1 heterocycles. The van der Waals surface area contributed by atoms with Crippen molar-refractivity contribution in [2.75, 3.05) is 26.2 Å². The minimum atomic E-state index is -0.197. The van der Waals surface area contributed by atoms with Gasteiger partial charge in [-0.15, -0.1) is 0 Å². The number of nitrogens with two attached hydrogens (primary N) is 1. The van der Waals surface area contributed by atoms with Crippen LogP contribution in [0.1, 0.15) is 45.4 Å². The molecule has 110 valence electrons. The predicted molar refractivity (Wildman–Crippen MR) is 77.8 cm³/mol. The summed E-state index contributed by atoms with van der Waals surface area (Å²) < 4.78 is 0. The average Bonchev–Trinajstić information content (AvgIpc) is 3.17. The molecule has 1 amide bonds. The summed E-state index contributed by atoms with van der Waals surface area (Å²) in [6.45, 7) is 5.86. The lowest BCUT2D eigenvalue weighted by molar-refractivity contribution is -0.119. The Morgan fingerprint density at radius 1 is 1.32 bits per heavy atom. The molecule has 2 unspecified atom stereocenters. The third-order valence-electron chi connectivity index (χ3n) is 4.35. The summed E-state index contributed by atoms with van der Waals surface area (Å²) in [5, 5.41) is 3.70. The third-order valence-corrected chi connectivity index (χ3v) is 4.35. The summed E-state index contributed by atoms with van der Waals surface area (Å²) >= 11 is 0. The number of carbonyl (C=O) groups excluding carboxylic acids is 1. The number of rotatable bonds is 8. The van der Waals surface area contributed by atoms with Crippen molar-refractivity contribution in [2.45, 2.75) is 51.5 Å². The summed E-state index contributed by atoms with van der Waals surface area (Å²) in [4.78, 5) is 13.4. The van der Waals surface area contributed by atoms with Crippen LogP contribution in [-0.2, 0) is 4.79 Å². The molecule has 1 aliphatic heterocycles. The van der Waals surface area contributed by atoms with Gasteiger partial charge in [-0.05, 0) is 44.1 Å². The zero-order valence-corrected chi connectivity index (χ0v) is 12.2. The molecule has 1 aliphatic carbocycles. The number of hydrogen-bond donors (Lipinski definition) is 2. The monoisotopic (exact) mass is 267 g/mol. The summed E-state index contributed by atoms with van der Waals surface area (Å²) in [7, 11) is 0. The quantitative estimate of drug-likeness (QED) is 0.698. The number of hydrogen-bond acceptors (Lipinski definition) is 3. The van der Waals surface area contributed by atoms with Crippen molar-refractivity contribution in [2.24, 2.45) is 17.6 Å². The molecule has 0 radical (unpaired) electrons. The van der Waals surface area contributed by atoms with E-state index in [-0.39, 0.29) is 5.91 Å². The van der Waals surface area contributed by atoms with Crippen LogP contribution >= 0.6 is 0 Å². The molecule has 2 aliphatic rings. The largest absolute Gasteiger partial charge is 0.369 e. The molecule has 0 aromatic carbocycles. The smallest absolute Gasteiger partial charge is 0.231 e. The highest BCUT2D eigenvalue weighted by Gasteiger charge is 2.29. The number of likely N-dealkylation sites (tertiary alicyclic amines) is 1. The number of piperidine rings is 1. The van der Waals surface area contributed by atoms with E-state index in [9.17, 15) is 4.79 Å². The van der Waals surface area contributed by atoms with Crippen LogP contribution in [0, 0.1) is 11.8 Å². The fourth-order valence-corrected chi connectivity index (χ4v) is 3.16. The lowest BCUT2D eigenvalue weighted by atomic mass is 9.90. The number of carbonyl (C=O) groups is 1. The van der Waals surface area contributed by atoms with Crippen molar-refractivity contribution in [1.82, 2.24) is 10.2 Å². The van der Waals surface area contributed by atoms with Crippen LogP contribution in [0.5, 0.6) is 0 Å². The minimum absolute atomic E-state index is 0.197. The van der Waals surface area contributed by atoms with E-state index in [1.807, 2.05) is 0 Å². The highest BCUT2D eigenvalue weighted by molar-refractivity contribution is 5.75. The van der Waals surface area contributed by atoms with E-state index in [1.165, 1.54) is 38.5 Å². The van der Waals surface area contributed by atoms with Crippen molar-refractivity contribution in [3.63, 3.8) is 0 Å². The molecule has 0 aromatic heterocycles. The zero-order valence-electron chi connectivity index (χ0n) is 12.2. The Labute approximate surface area is 117 Å². The second kappa shape index (κ2) is 7.25. The molecule has 3 N–H and O–H groups in total. The van der Waals surface area contributed by atoms with E-state index in [1.54, 1.807) is 0 Å². The lowest BCUT2D eigenvalue weighted by Crippen LogP contribution is -2.51. The van der Waals surface area contributed by atoms with Gasteiger partial charge in [0.2, 0.25) is 5.91 Å². The van der Waals surface area contributed by atoms with Gasteiger partial charge in [0, 0.05) is 19.1 Å². The molecule has 0 aromatic rings. The maximum absolute atomic E-state index is 11.1. The van der Waals surface area contributed by atoms with Gasteiger partial charge in [0.1, 0.15) is 0 Å². The fraction of sp³-hybridized carbons (Fsp3) is 0.933. The molecular weight excluding hydrogens is 238 g/mol. The van der Waals surface area contributed by atoms with Crippen LogP contribution in [0.25, 0.3) is 0 Å². The van der Waals surface area contributed by atoms with Crippen LogP contribution in [-0.4, -0.2) is 43.0 Å². The molecule has 0 spiro atoms. The predicted octanol–water partition coefficient (Wildman–Crippen LogP) is 1.35. The normalized spacial score (nSPS) is 28.5. The van der Waals surface area contributed by atoms with Crippen molar-refractivity contribution in [1.29, 1.82) is 0 Å². The first-order valence-electron chi connectivity index (χ1n) is 7.91. The first kappa shape index (κ1) is 14.8. The third kappa shape index (κ3) is 5.49. The van der Waals surface area contributed by atoms with Crippen molar-refractivity contribution in [3.8, 4) is 0 Å². The van der Waals surface area contributed by atoms with Crippen molar-refractivity contribution < 1.29 is 4.79 Å². The van der Waals surface area contributed by atoms with Gasteiger partial charge in [0.15, 0.2) is 0 Å². The molecule has 1 saturated carbocycles. The molecule has 2 atom stereocenters. The van der Waals surface area contributed by atoms with Crippen LogP contribution in [0.3, 0.4) is 0 Å². The van der Waals surface area contributed by atoms with Crippen LogP contribution < -0.4 is 11.1 Å². The Morgan fingerprint density at radius 2 is 2.11 bits per heavy atom. The SMILES string of the molecule is CCCCC1CC(NCC2CC2)CN(CC(N)=O)C1. The fourth-order valence-electron chi connectivity index (χ4n) is 3.16. The van der Waals surface area contributed by atoms with E-state index in [2.05, 4.69) is 17.1 Å². The second-order valence-electron chi connectivity index (χ2n) is 6.45. The molecule has 4 heteroatoms. The van der Waals surface area contributed by atoms with Gasteiger partial charge >= 0.3 is 0 Å². The first-order valence-corrected chi connectivity index (χ1v) is 7.91. The topological polar surface area (TPSA) is 58.4 Å². The molecule has 2 rings (SSSR count). The Kier molecular flexibility index (Phi) is 5.64. The van der Waals surface area contributed by atoms with Crippen LogP contribution in [0.15, 0.2) is 0 Å². The summed E-state index contributed by atoms with van der Waals surface area (Å²) in [6.07, 6.45) is 7.89. The average molecular weight is 267 g/mol. The number of nitrogens with one attached hydrogen (secondary N) is 1. The highest BCUT2D eigenvalue weighted by atomic mass is 16.1. The Morgan fingerprint density at radius 3 is 2.74 bits per heavy atom. The maximum Gasteiger partial charge on any atom is 0.231 e. The lowest BCUT2D eigenvalue weighted by Gasteiger charge is -2.38. The molecular formula is C15H29N3O. The van der Waals surface area contributed by atoms with Gasteiger partial charge in [-0.1, -0.05) is 19.8 Å². The van der Waals surface area contributed by atoms with Crippen molar-refractivity contribution >= 4 is 5.91 Å². The summed E-state index contributed by atoms with van der Waals surface area (Å²) in [6, 6.07) is 0.551. The molecule has 0 bridgehead atoms. The van der Waals surface area contributed by atoms with Crippen LogP contribution in [0.2, 0.25) is 0 Å². The van der Waals surface area contributed by atoms with E-state index in [0.29, 0.717) is 12.6 Å². The van der Waals surface area contributed by atoms with Gasteiger partial charge in [-0.3, -0.25) is 9.69 Å². The summed E-state index contributed by atoms with van der Waals surface area (Å²) in [5.41, 5.74) is 5.35. The van der Waals surface area contributed by atoms with E-state index in [0.717, 1.165) is 31.5 Å². The Hall–Kier alpha value is -0.610. The summed E-state index contributed by atoms with van der Waals surface area (Å²) in [5.74, 6) is 1.45. The number of amides is 1. The highest BCUT2D eigenvalue weighted by Crippen LogP contribution is 2.28. The van der Waals surface area contributed by atoms with Crippen LogP contribution in [0.4, 0.5) is 0 Å². The van der Waals surface area contributed by atoms with Crippen molar-refractivity contribution in [3.05, 3.63) is 0 Å². The van der Waals surface area contributed by atoms with E-state index < -0.39 is 0 Å². The first-order chi connectivity index (χ1) is 9.17. The second-order valence-corrected chi connectivity index (χ2v) is 6.45. The minimum Gasteiger partial charge on any atom is -0.369 e. The standard InChI is InChI=1S/C15H29N3O/c1-2-3-4-13-7-14(17-8-12-5-6-12)10-18(9-13)11-15(16)19/h12-14,17H,2-11H2,1H3,(H2,16,19). The Balaban J connectivity index is 1.80. The van der Waals surface area contributed by atoms with E-state index >= 15 is 0 Å². The van der Waals surface area contributed by atoms with Gasteiger partial charge in [-0.2, -0.15) is 0 Å². The number of unbranched alkanes of at least 4 members (excludes halogenated alkanes) is 1. The van der Waals surface area contributed by atoms with Gasteiger partial charge in [0.25, 0.3) is 0 Å². The molecule has 4 nitrogen and oxygen atoms in total. The van der Waals surface area contributed by atoms with E-state index in [4.69, 9.17) is 5.73 Å². The van der Waals surface area contributed by atoms with Gasteiger partial charge in [0.05, 0.1) is 6.54 Å². The molecule has 19 heavy (non-hydrogen) atoms. The van der Waals surface area contributed by atoms with Gasteiger partial charge in [-0.25, -0.2) is 0 Å².